The Morgan fingerprint density at radius 2 is 2.00 bits per heavy atom. The molecule has 0 bridgehead atoms. The SMILES string of the molecule is CCCC=C[Si](C)(C)[O]. The molecule has 2 heteroatoms. The molecule has 0 fully saturated rings. The van der Waals surface area contributed by atoms with Crippen molar-refractivity contribution in [2.45, 2.75) is 32.9 Å². The second-order valence-corrected chi connectivity index (χ2v) is 6.33. The predicted octanol–water partition coefficient (Wildman–Crippen LogP) is 2.52. The monoisotopic (exact) mass is 143 g/mol. The second-order valence-electron chi connectivity index (χ2n) is 2.79. The minimum atomic E-state index is -2.13. The van der Waals surface area contributed by atoms with Crippen LogP contribution in [0.5, 0.6) is 0 Å². The molecule has 0 aromatic heterocycles. The van der Waals surface area contributed by atoms with Crippen molar-refractivity contribution in [3.63, 3.8) is 0 Å². The molecule has 0 rings (SSSR count). The van der Waals surface area contributed by atoms with Crippen LogP contribution in [0.25, 0.3) is 0 Å². The van der Waals surface area contributed by atoms with Crippen molar-refractivity contribution in [2.24, 2.45) is 0 Å². The molecule has 0 aromatic rings. The van der Waals surface area contributed by atoms with Crippen molar-refractivity contribution in [3.8, 4) is 0 Å². The van der Waals surface area contributed by atoms with E-state index in [0.29, 0.717) is 0 Å². The van der Waals surface area contributed by atoms with Crippen LogP contribution in [0.2, 0.25) is 13.1 Å². The van der Waals surface area contributed by atoms with Gasteiger partial charge >= 0.3 is 0 Å². The average Bonchev–Trinajstić information content (AvgIpc) is 1.63. The molecule has 0 aliphatic heterocycles. The van der Waals surface area contributed by atoms with Crippen LogP contribution in [-0.4, -0.2) is 8.32 Å². The summed E-state index contributed by atoms with van der Waals surface area (Å²) in [5.74, 6) is 0. The van der Waals surface area contributed by atoms with Gasteiger partial charge in [0.25, 0.3) is 8.32 Å². The molecular weight excluding hydrogens is 128 g/mol. The Morgan fingerprint density at radius 3 is 2.33 bits per heavy atom. The first-order valence-corrected chi connectivity index (χ1v) is 6.43. The van der Waals surface area contributed by atoms with Gasteiger partial charge in [-0.15, -0.1) is 0 Å². The molecule has 1 radical (unpaired) electrons. The Bertz CT molecular complexity index is 91.6. The zero-order valence-electron chi connectivity index (χ0n) is 6.48. The molecule has 0 unspecified atom stereocenters. The van der Waals surface area contributed by atoms with Crippen molar-refractivity contribution in [2.75, 3.05) is 0 Å². The van der Waals surface area contributed by atoms with E-state index in [2.05, 4.69) is 6.92 Å². The lowest BCUT2D eigenvalue weighted by Crippen LogP contribution is -2.18. The number of hydrogen-bond acceptors (Lipinski definition) is 0. The van der Waals surface area contributed by atoms with Gasteiger partial charge < -0.3 is 0 Å². The lowest BCUT2D eigenvalue weighted by atomic mass is 10.3. The highest BCUT2D eigenvalue weighted by Crippen LogP contribution is 2.00. The van der Waals surface area contributed by atoms with Crippen molar-refractivity contribution in [3.05, 3.63) is 11.8 Å². The normalized spacial score (nSPS) is 12.9. The lowest BCUT2D eigenvalue weighted by molar-refractivity contribution is 0.442. The fraction of sp³-hybridized carbons (Fsp3) is 0.714. The minimum absolute atomic E-state index is 1.05. The number of unbranched alkanes of at least 4 members (excludes halogenated alkanes) is 1. The molecule has 0 amide bonds. The summed E-state index contributed by atoms with van der Waals surface area (Å²) in [4.78, 5) is 11.0. The van der Waals surface area contributed by atoms with Crippen LogP contribution in [0, 0.1) is 0 Å². The first kappa shape index (κ1) is 8.92. The van der Waals surface area contributed by atoms with Gasteiger partial charge in [-0.1, -0.05) is 25.1 Å². The van der Waals surface area contributed by atoms with Crippen molar-refractivity contribution in [1.29, 1.82) is 0 Å². The summed E-state index contributed by atoms with van der Waals surface area (Å²) in [6.45, 7) is 5.72. The highest BCUT2D eigenvalue weighted by atomic mass is 28.4. The lowest BCUT2D eigenvalue weighted by Gasteiger charge is -2.01. The molecule has 9 heavy (non-hydrogen) atoms. The van der Waals surface area contributed by atoms with Gasteiger partial charge in [0.05, 0.1) is 0 Å². The smallest absolute Gasteiger partial charge is 0.254 e. The zero-order valence-corrected chi connectivity index (χ0v) is 7.48. The Hall–Kier alpha value is -0.0831. The van der Waals surface area contributed by atoms with Crippen molar-refractivity contribution >= 4 is 8.32 Å². The Balaban J connectivity index is 3.45. The Kier molecular flexibility index (Phi) is 3.82. The van der Waals surface area contributed by atoms with Crippen LogP contribution in [0.15, 0.2) is 11.8 Å². The van der Waals surface area contributed by atoms with E-state index >= 15 is 0 Å². The van der Waals surface area contributed by atoms with Crippen LogP contribution < -0.4 is 0 Å². The van der Waals surface area contributed by atoms with Crippen molar-refractivity contribution in [1.82, 2.24) is 0 Å². The Labute approximate surface area is 58.5 Å². The van der Waals surface area contributed by atoms with E-state index in [1.807, 2.05) is 11.8 Å². The maximum Gasteiger partial charge on any atom is 0.254 e. The maximum atomic E-state index is 11.0. The molecule has 53 valence electrons. The van der Waals surface area contributed by atoms with E-state index in [9.17, 15) is 4.80 Å². The van der Waals surface area contributed by atoms with Gasteiger partial charge in [-0.25, -0.2) is 0 Å². The van der Waals surface area contributed by atoms with Crippen LogP contribution in [0.3, 0.4) is 0 Å². The molecule has 0 saturated carbocycles. The first-order valence-electron chi connectivity index (χ1n) is 3.44. The first-order chi connectivity index (χ1) is 4.06. The summed E-state index contributed by atoms with van der Waals surface area (Å²) in [5.41, 5.74) is 1.86. The molecule has 0 atom stereocenters. The third-order valence-electron chi connectivity index (χ3n) is 0.975. The van der Waals surface area contributed by atoms with E-state index in [0.717, 1.165) is 12.8 Å². The van der Waals surface area contributed by atoms with Crippen molar-refractivity contribution < 1.29 is 4.80 Å². The van der Waals surface area contributed by atoms with Gasteiger partial charge in [0.2, 0.25) is 0 Å². The summed E-state index contributed by atoms with van der Waals surface area (Å²) in [7, 11) is -2.13. The van der Waals surface area contributed by atoms with Crippen LogP contribution in [-0.2, 0) is 4.80 Å². The quantitative estimate of drug-likeness (QED) is 0.541. The van der Waals surface area contributed by atoms with Gasteiger partial charge in [-0.05, 0) is 19.5 Å². The fourth-order valence-corrected chi connectivity index (χ4v) is 1.27. The van der Waals surface area contributed by atoms with E-state index < -0.39 is 8.32 Å². The molecule has 0 saturated heterocycles. The summed E-state index contributed by atoms with van der Waals surface area (Å²) in [5, 5.41) is 0. The summed E-state index contributed by atoms with van der Waals surface area (Å²) in [6, 6.07) is 0. The van der Waals surface area contributed by atoms with Gasteiger partial charge in [0, 0.05) is 0 Å². The highest BCUT2D eigenvalue weighted by Gasteiger charge is 2.13. The summed E-state index contributed by atoms with van der Waals surface area (Å²) in [6.07, 6.45) is 4.21. The molecule has 0 aliphatic rings. The third kappa shape index (κ3) is 7.92. The number of allylic oxidation sites excluding steroid dienone is 1. The molecular formula is C7H15OSi. The largest absolute Gasteiger partial charge is 0.293 e. The number of rotatable bonds is 3. The molecule has 0 heterocycles. The topological polar surface area (TPSA) is 19.9 Å². The van der Waals surface area contributed by atoms with Gasteiger partial charge in [0.15, 0.2) is 0 Å². The maximum absolute atomic E-state index is 11.0. The van der Waals surface area contributed by atoms with Crippen LogP contribution in [0.1, 0.15) is 19.8 Å². The third-order valence-corrected chi connectivity index (χ3v) is 2.01. The van der Waals surface area contributed by atoms with Gasteiger partial charge in [-0.3, -0.25) is 4.80 Å². The van der Waals surface area contributed by atoms with E-state index in [1.54, 1.807) is 13.1 Å². The second kappa shape index (κ2) is 3.85. The molecule has 0 aromatic carbocycles. The molecule has 0 spiro atoms. The van der Waals surface area contributed by atoms with E-state index in [-0.39, 0.29) is 0 Å². The molecule has 0 aliphatic carbocycles. The fourth-order valence-electron chi connectivity index (χ4n) is 0.534. The van der Waals surface area contributed by atoms with Crippen LogP contribution >= 0.6 is 0 Å². The number of hydrogen-bond donors (Lipinski definition) is 0. The minimum Gasteiger partial charge on any atom is -0.293 e. The highest BCUT2D eigenvalue weighted by molar-refractivity contribution is 6.74. The van der Waals surface area contributed by atoms with Crippen LogP contribution in [0.4, 0.5) is 0 Å². The zero-order chi connectivity index (χ0) is 7.33. The standard InChI is InChI=1S/C7H15OSi/c1-4-5-6-7-9(2,3)8/h6-7H,4-5H2,1-3H3. The van der Waals surface area contributed by atoms with E-state index in [4.69, 9.17) is 0 Å². The van der Waals surface area contributed by atoms with Gasteiger partial charge in [-0.2, -0.15) is 0 Å². The Morgan fingerprint density at radius 1 is 1.44 bits per heavy atom. The average molecular weight is 143 g/mol. The summed E-state index contributed by atoms with van der Waals surface area (Å²) >= 11 is 0. The van der Waals surface area contributed by atoms with Gasteiger partial charge in [0.1, 0.15) is 0 Å². The molecule has 1 nitrogen and oxygen atoms in total. The predicted molar refractivity (Wildman–Crippen MR) is 42.2 cm³/mol. The molecule has 0 N–H and O–H groups in total. The summed E-state index contributed by atoms with van der Waals surface area (Å²) < 4.78 is 0. The van der Waals surface area contributed by atoms with E-state index in [1.165, 1.54) is 0 Å².